The van der Waals surface area contributed by atoms with Crippen molar-refractivity contribution < 1.29 is 4.74 Å². The molecule has 0 radical (unpaired) electrons. The van der Waals surface area contributed by atoms with Crippen molar-refractivity contribution in [3.8, 4) is 0 Å². The van der Waals surface area contributed by atoms with Crippen LogP contribution in [0.25, 0.3) is 0 Å². The van der Waals surface area contributed by atoms with Crippen LogP contribution >= 0.6 is 11.3 Å². The molecule has 90 valence electrons. The van der Waals surface area contributed by atoms with E-state index in [9.17, 15) is 0 Å². The summed E-state index contributed by atoms with van der Waals surface area (Å²) in [5.41, 5.74) is 0. The maximum Gasteiger partial charge on any atom is 0.0576 e. The molecule has 2 rings (SSSR count). The van der Waals surface area contributed by atoms with Crippen molar-refractivity contribution in [3.63, 3.8) is 0 Å². The van der Waals surface area contributed by atoms with Gasteiger partial charge in [-0.05, 0) is 50.6 Å². The van der Waals surface area contributed by atoms with Crippen LogP contribution in [0.3, 0.4) is 0 Å². The molecule has 3 heteroatoms. The van der Waals surface area contributed by atoms with Gasteiger partial charge in [-0.15, -0.1) is 11.3 Å². The van der Waals surface area contributed by atoms with Gasteiger partial charge in [0.2, 0.25) is 0 Å². The van der Waals surface area contributed by atoms with Gasteiger partial charge < -0.3 is 10.1 Å². The first-order chi connectivity index (χ1) is 7.86. The third-order valence-corrected chi connectivity index (χ3v) is 4.20. The fraction of sp³-hybridized carbons (Fsp3) is 0.692. The molecule has 0 aliphatic carbocycles. The number of thiophene rings is 1. The summed E-state index contributed by atoms with van der Waals surface area (Å²) in [5.74, 6) is 0. The van der Waals surface area contributed by atoms with E-state index in [1.54, 1.807) is 0 Å². The molecule has 0 spiro atoms. The molecule has 0 saturated carbocycles. The van der Waals surface area contributed by atoms with Gasteiger partial charge in [0, 0.05) is 17.5 Å². The zero-order chi connectivity index (χ0) is 11.2. The Balaban J connectivity index is 1.57. The summed E-state index contributed by atoms with van der Waals surface area (Å²) in [6, 6.07) is 4.80. The second-order valence-electron chi connectivity index (χ2n) is 4.47. The minimum atomic E-state index is 0.490. The summed E-state index contributed by atoms with van der Waals surface area (Å²) < 4.78 is 5.61. The monoisotopic (exact) mass is 239 g/mol. The molecule has 2 nitrogen and oxygen atoms in total. The second-order valence-corrected chi connectivity index (χ2v) is 5.45. The molecule has 1 aliphatic rings. The summed E-state index contributed by atoms with van der Waals surface area (Å²) >= 11 is 1.83. The summed E-state index contributed by atoms with van der Waals surface area (Å²) in [6.45, 7) is 4.31. The maximum absolute atomic E-state index is 5.61. The summed E-state index contributed by atoms with van der Waals surface area (Å²) in [6.07, 6.45) is 5.49. The van der Waals surface area contributed by atoms with E-state index in [-0.39, 0.29) is 0 Å². The lowest BCUT2D eigenvalue weighted by molar-refractivity contribution is 0.102. The van der Waals surface area contributed by atoms with Crippen molar-refractivity contribution >= 4 is 11.3 Å². The van der Waals surface area contributed by atoms with E-state index in [0.29, 0.717) is 12.1 Å². The van der Waals surface area contributed by atoms with Gasteiger partial charge in [0.15, 0.2) is 0 Å². The number of nitrogens with one attached hydrogen (secondary N) is 1. The molecule has 1 N–H and O–H groups in total. The Labute approximate surface area is 102 Å². The van der Waals surface area contributed by atoms with E-state index in [1.165, 1.54) is 30.6 Å². The van der Waals surface area contributed by atoms with Gasteiger partial charge in [0.25, 0.3) is 0 Å². The summed E-state index contributed by atoms with van der Waals surface area (Å²) in [7, 11) is 0. The number of hydrogen-bond acceptors (Lipinski definition) is 3. The van der Waals surface area contributed by atoms with Crippen LogP contribution in [0.4, 0.5) is 0 Å². The molecule has 1 aromatic heterocycles. The minimum absolute atomic E-state index is 0.490. The van der Waals surface area contributed by atoms with E-state index in [1.807, 2.05) is 11.3 Å². The lowest BCUT2D eigenvalue weighted by Crippen LogP contribution is -2.20. The van der Waals surface area contributed by atoms with Crippen LogP contribution in [0.2, 0.25) is 0 Å². The van der Waals surface area contributed by atoms with Gasteiger partial charge >= 0.3 is 0 Å². The first-order valence-corrected chi connectivity index (χ1v) is 7.12. The Hall–Kier alpha value is -0.380. The Kier molecular flexibility index (Phi) is 4.82. The Morgan fingerprint density at radius 3 is 3.25 bits per heavy atom. The van der Waals surface area contributed by atoms with Crippen molar-refractivity contribution in [3.05, 3.63) is 22.4 Å². The van der Waals surface area contributed by atoms with Crippen molar-refractivity contribution in [2.45, 2.75) is 44.8 Å². The number of rotatable bonds is 6. The smallest absolute Gasteiger partial charge is 0.0576 e. The van der Waals surface area contributed by atoms with Gasteiger partial charge in [0.05, 0.1) is 6.10 Å². The van der Waals surface area contributed by atoms with E-state index in [0.717, 1.165) is 13.2 Å². The predicted molar refractivity (Wildman–Crippen MR) is 68.9 cm³/mol. The van der Waals surface area contributed by atoms with Gasteiger partial charge in [-0.2, -0.15) is 0 Å². The van der Waals surface area contributed by atoms with Gasteiger partial charge in [-0.1, -0.05) is 6.07 Å². The van der Waals surface area contributed by atoms with E-state index in [2.05, 4.69) is 29.8 Å². The first-order valence-electron chi connectivity index (χ1n) is 6.24. The Bertz CT molecular complexity index is 280. The standard InChI is InChI=1S/C13H21NOS/c1-11(13-7-4-10-16-13)14-8-2-5-12-6-3-9-15-12/h4,7,10-12,14H,2-3,5-6,8-9H2,1H3/t11-,12?/m0/s1. The predicted octanol–water partition coefficient (Wildman–Crippen LogP) is 3.36. The zero-order valence-electron chi connectivity index (χ0n) is 9.95. The highest BCUT2D eigenvalue weighted by Crippen LogP contribution is 2.19. The molecule has 1 aliphatic heterocycles. The fourth-order valence-electron chi connectivity index (χ4n) is 2.16. The zero-order valence-corrected chi connectivity index (χ0v) is 10.8. The van der Waals surface area contributed by atoms with Crippen LogP contribution in [-0.4, -0.2) is 19.3 Å². The lowest BCUT2D eigenvalue weighted by Gasteiger charge is -2.13. The van der Waals surface area contributed by atoms with Crippen LogP contribution in [0.15, 0.2) is 17.5 Å². The van der Waals surface area contributed by atoms with Crippen molar-refractivity contribution in [1.29, 1.82) is 0 Å². The molecule has 0 amide bonds. The molecule has 1 fully saturated rings. The lowest BCUT2D eigenvalue weighted by atomic mass is 10.1. The highest BCUT2D eigenvalue weighted by Gasteiger charge is 2.14. The number of hydrogen-bond donors (Lipinski definition) is 1. The van der Waals surface area contributed by atoms with Gasteiger partial charge in [-0.3, -0.25) is 0 Å². The topological polar surface area (TPSA) is 21.3 Å². The average molecular weight is 239 g/mol. The van der Waals surface area contributed by atoms with Gasteiger partial charge in [-0.25, -0.2) is 0 Å². The average Bonchev–Trinajstić information content (AvgIpc) is 2.96. The highest BCUT2D eigenvalue weighted by molar-refractivity contribution is 7.10. The van der Waals surface area contributed by atoms with Crippen LogP contribution in [-0.2, 0) is 4.74 Å². The van der Waals surface area contributed by atoms with Crippen molar-refractivity contribution in [1.82, 2.24) is 5.32 Å². The molecule has 0 aromatic carbocycles. The third kappa shape index (κ3) is 3.58. The molecular formula is C13H21NOS. The minimum Gasteiger partial charge on any atom is -0.378 e. The largest absolute Gasteiger partial charge is 0.378 e. The van der Waals surface area contributed by atoms with Crippen LogP contribution in [0.1, 0.15) is 43.5 Å². The van der Waals surface area contributed by atoms with E-state index >= 15 is 0 Å². The number of ether oxygens (including phenoxy) is 1. The normalized spacial score (nSPS) is 22.4. The van der Waals surface area contributed by atoms with E-state index in [4.69, 9.17) is 4.74 Å². The Morgan fingerprint density at radius 2 is 2.56 bits per heavy atom. The molecule has 16 heavy (non-hydrogen) atoms. The molecule has 2 atom stereocenters. The van der Waals surface area contributed by atoms with E-state index < -0.39 is 0 Å². The maximum atomic E-state index is 5.61. The van der Waals surface area contributed by atoms with Gasteiger partial charge in [0.1, 0.15) is 0 Å². The van der Waals surface area contributed by atoms with Crippen LogP contribution in [0.5, 0.6) is 0 Å². The molecule has 1 unspecified atom stereocenters. The fourth-order valence-corrected chi connectivity index (χ4v) is 2.92. The SMILES string of the molecule is C[C@H](NCCCC1CCCO1)c1cccs1. The first kappa shape index (κ1) is 12.1. The van der Waals surface area contributed by atoms with Crippen LogP contribution < -0.4 is 5.32 Å². The summed E-state index contributed by atoms with van der Waals surface area (Å²) in [5, 5.41) is 5.70. The van der Waals surface area contributed by atoms with Crippen molar-refractivity contribution in [2.75, 3.05) is 13.2 Å². The molecule has 1 aromatic rings. The summed E-state index contributed by atoms with van der Waals surface area (Å²) in [4.78, 5) is 1.43. The second kappa shape index (κ2) is 6.38. The molecule has 0 bridgehead atoms. The van der Waals surface area contributed by atoms with Crippen LogP contribution in [0, 0.1) is 0 Å². The highest BCUT2D eigenvalue weighted by atomic mass is 32.1. The molecule has 1 saturated heterocycles. The molecular weight excluding hydrogens is 218 g/mol. The Morgan fingerprint density at radius 1 is 1.62 bits per heavy atom. The quantitative estimate of drug-likeness (QED) is 0.769. The molecule has 2 heterocycles. The van der Waals surface area contributed by atoms with Crippen molar-refractivity contribution in [2.24, 2.45) is 0 Å². The third-order valence-electron chi connectivity index (χ3n) is 3.15.